The van der Waals surface area contributed by atoms with Gasteiger partial charge in [-0.2, -0.15) is 4.79 Å². The number of halogens is 2. The zero-order valence-corrected chi connectivity index (χ0v) is 7.08. The van der Waals surface area contributed by atoms with Crippen molar-refractivity contribution in [2.45, 2.75) is 0 Å². The van der Waals surface area contributed by atoms with E-state index in [1.807, 2.05) is 0 Å². The average molecular weight is 194 g/mol. The number of hydrogen-bond acceptors (Lipinski definition) is 1. The lowest BCUT2D eigenvalue weighted by Crippen LogP contribution is -1.84. The first-order chi connectivity index (χ1) is 6.61. The highest BCUT2D eigenvalue weighted by atomic mass is 19.1. The predicted octanol–water partition coefficient (Wildman–Crippen LogP) is 2.47. The average Bonchev–Trinajstić information content (AvgIpc) is 2.12. The van der Waals surface area contributed by atoms with Crippen molar-refractivity contribution in [1.29, 1.82) is 0 Å². The van der Waals surface area contributed by atoms with Gasteiger partial charge in [0.15, 0.2) is 0 Å². The molecule has 1 rings (SSSR count). The summed E-state index contributed by atoms with van der Waals surface area (Å²) in [4.78, 5) is 13.4. The molecule has 4 heteroatoms. The number of rotatable bonds is 2. The van der Waals surface area contributed by atoms with Crippen LogP contribution in [0.4, 0.5) is 8.78 Å². The van der Waals surface area contributed by atoms with E-state index in [4.69, 9.17) is 0 Å². The molecule has 1 amide bonds. The van der Waals surface area contributed by atoms with Crippen molar-refractivity contribution in [1.82, 2.24) is 0 Å². The van der Waals surface area contributed by atoms with Gasteiger partial charge >= 0.3 is 5.91 Å². The number of carbonyl (C=O) groups is 1. The van der Waals surface area contributed by atoms with Gasteiger partial charge in [-0.05, 0) is 23.8 Å². The van der Waals surface area contributed by atoms with Gasteiger partial charge in [-0.15, -0.1) is 0 Å². The Morgan fingerprint density at radius 1 is 1.29 bits per heavy atom. The van der Waals surface area contributed by atoms with Crippen LogP contribution in [-0.4, -0.2) is 5.91 Å². The van der Waals surface area contributed by atoms with Crippen molar-refractivity contribution < 1.29 is 13.6 Å². The number of amides is 1. The molecule has 70 valence electrons. The number of carbonyl (C=O) groups excluding carboxylic acids is 1. The Morgan fingerprint density at radius 3 is 2.36 bits per heavy atom. The van der Waals surface area contributed by atoms with E-state index in [2.05, 4.69) is 11.4 Å². The minimum absolute atomic E-state index is 0.236. The van der Waals surface area contributed by atoms with Crippen molar-refractivity contribution in [3.8, 4) is 6.57 Å². The van der Waals surface area contributed by atoms with Gasteiger partial charge in [0.25, 0.3) is 6.57 Å². The lowest BCUT2D eigenvalue weighted by atomic mass is 10.2. The molecule has 2 nitrogen and oxygen atoms in total. The first-order valence-electron chi connectivity index (χ1n) is 3.71. The van der Waals surface area contributed by atoms with E-state index in [0.717, 1.165) is 24.3 Å². The van der Waals surface area contributed by atoms with E-state index < -0.39 is 17.5 Å². The minimum atomic E-state index is -0.707. The Bertz CT molecular complexity index is 412. The normalized spacial score (nSPS) is 10.1. The molecule has 0 bridgehead atoms. The highest BCUT2D eigenvalue weighted by molar-refractivity contribution is 5.99. The summed E-state index contributed by atoms with van der Waals surface area (Å²) in [6.45, 7) is 4.67. The maximum atomic E-state index is 12.6. The second-order valence-corrected chi connectivity index (χ2v) is 2.50. The fraction of sp³-hybridized carbons (Fsp3) is 0. The van der Waals surface area contributed by atoms with Crippen molar-refractivity contribution in [3.63, 3.8) is 0 Å². The zero-order chi connectivity index (χ0) is 10.6. The van der Waals surface area contributed by atoms with E-state index in [1.54, 1.807) is 0 Å². The molecule has 0 saturated heterocycles. The van der Waals surface area contributed by atoms with Crippen LogP contribution in [-0.2, 0) is 4.79 Å². The minimum Gasteiger partial charge on any atom is -0.207 e. The van der Waals surface area contributed by atoms with Crippen LogP contribution in [0.5, 0.6) is 0 Å². The Morgan fingerprint density at radius 2 is 1.86 bits per heavy atom. The van der Waals surface area contributed by atoms with Crippen molar-refractivity contribution >= 4 is 12.0 Å². The molecule has 1 aromatic carbocycles. The molecule has 14 heavy (non-hydrogen) atoms. The molecule has 0 spiro atoms. The van der Waals surface area contributed by atoms with E-state index >= 15 is 0 Å². The van der Waals surface area contributed by atoms with Gasteiger partial charge in [-0.1, -0.05) is 0 Å². The first kappa shape index (κ1) is 10.1. The first-order valence-corrected chi connectivity index (χ1v) is 3.71. The third-order valence-corrected chi connectivity index (χ3v) is 1.43. The molecule has 0 radical (unpaired) electrons. The van der Waals surface area contributed by atoms with Crippen LogP contribution in [0.15, 0.2) is 24.3 Å². The molecule has 0 heterocycles. The van der Waals surface area contributed by atoms with Gasteiger partial charge < -0.3 is 0 Å². The summed E-state index contributed by atoms with van der Waals surface area (Å²) in [7, 11) is 0. The van der Waals surface area contributed by atoms with Gasteiger partial charge in [-0.3, -0.25) is 0 Å². The molecular formula is C10H6F2NO+. The largest absolute Gasteiger partial charge is 0.539 e. The molecule has 0 aliphatic rings. The highest BCUT2D eigenvalue weighted by Gasteiger charge is 2.03. The predicted molar refractivity (Wildman–Crippen MR) is 48.7 cm³/mol. The van der Waals surface area contributed by atoms with E-state index in [-0.39, 0.29) is 5.56 Å². The van der Waals surface area contributed by atoms with Gasteiger partial charge in [0.05, 0.1) is 6.08 Å². The molecular weight excluding hydrogens is 188 g/mol. The fourth-order valence-electron chi connectivity index (χ4n) is 0.882. The molecule has 0 atom stereocenters. The molecule has 0 saturated carbocycles. The highest BCUT2D eigenvalue weighted by Crippen LogP contribution is 2.09. The van der Waals surface area contributed by atoms with E-state index in [9.17, 15) is 13.6 Å². The number of hydrogen-bond donors (Lipinski definition) is 0. The standard InChI is InChI=1S/C10H6F2NO/c1-13-10(14)3-2-7-4-8(11)6-9(12)5-7/h1-6H/q+1/b3-2+. The van der Waals surface area contributed by atoms with Gasteiger partial charge in [-0.25, -0.2) is 8.78 Å². The van der Waals surface area contributed by atoms with Crippen molar-refractivity contribution in [2.24, 2.45) is 0 Å². The summed E-state index contributed by atoms with van der Waals surface area (Å²) < 4.78 is 25.3. The van der Waals surface area contributed by atoms with Gasteiger partial charge in [0.1, 0.15) is 11.6 Å². The number of nitrogens with zero attached hydrogens (tertiary/aromatic N) is 1. The smallest absolute Gasteiger partial charge is 0.207 e. The lowest BCUT2D eigenvalue weighted by molar-refractivity contribution is -0.110. The SMILES string of the molecule is C#[N+]C(=O)/C=C/c1cc(F)cc(F)c1. The lowest BCUT2D eigenvalue weighted by Gasteiger charge is -1.93. The zero-order valence-electron chi connectivity index (χ0n) is 7.08. The third-order valence-electron chi connectivity index (χ3n) is 1.43. The van der Waals surface area contributed by atoms with Crippen molar-refractivity contribution in [2.75, 3.05) is 0 Å². The Hall–Kier alpha value is -2.02. The topological polar surface area (TPSA) is 21.4 Å². The van der Waals surface area contributed by atoms with E-state index in [0.29, 0.717) is 0 Å². The Kier molecular flexibility index (Phi) is 3.08. The summed E-state index contributed by atoms with van der Waals surface area (Å²) in [5.74, 6) is -2.08. The fourth-order valence-corrected chi connectivity index (χ4v) is 0.882. The van der Waals surface area contributed by atoms with Crippen molar-refractivity contribution in [3.05, 3.63) is 46.3 Å². The molecule has 0 unspecified atom stereocenters. The monoisotopic (exact) mass is 194 g/mol. The molecule has 0 aromatic heterocycles. The number of benzene rings is 1. The van der Waals surface area contributed by atoms with Crippen LogP contribution in [0.25, 0.3) is 10.9 Å². The second-order valence-electron chi connectivity index (χ2n) is 2.50. The summed E-state index contributed by atoms with van der Waals surface area (Å²) in [5.41, 5.74) is 0.236. The van der Waals surface area contributed by atoms with Crippen LogP contribution >= 0.6 is 0 Å². The molecule has 1 aromatic rings. The molecule has 0 aliphatic heterocycles. The second kappa shape index (κ2) is 4.28. The van der Waals surface area contributed by atoms with Crippen LogP contribution in [0.3, 0.4) is 0 Å². The van der Waals surface area contributed by atoms with Crippen LogP contribution < -0.4 is 0 Å². The maximum absolute atomic E-state index is 12.6. The van der Waals surface area contributed by atoms with Crippen LogP contribution in [0, 0.1) is 18.2 Å². The van der Waals surface area contributed by atoms with Crippen LogP contribution in [0.1, 0.15) is 5.56 Å². The third kappa shape index (κ3) is 2.79. The summed E-state index contributed by atoms with van der Waals surface area (Å²) in [6, 6.07) is 2.92. The molecule has 0 fully saturated rings. The van der Waals surface area contributed by atoms with Gasteiger partial charge in [0.2, 0.25) is 0 Å². The Labute approximate surface area is 79.3 Å². The Balaban J connectivity index is 2.93. The quantitative estimate of drug-likeness (QED) is 0.662. The van der Waals surface area contributed by atoms with Gasteiger partial charge in [0, 0.05) is 10.9 Å². The van der Waals surface area contributed by atoms with E-state index in [1.165, 1.54) is 6.08 Å². The summed E-state index contributed by atoms with van der Waals surface area (Å²) in [6.07, 6.45) is 2.25. The molecule has 0 aliphatic carbocycles. The maximum Gasteiger partial charge on any atom is 0.539 e. The van der Waals surface area contributed by atoms with Crippen LogP contribution in [0.2, 0.25) is 0 Å². The summed E-state index contributed by atoms with van der Waals surface area (Å²) >= 11 is 0. The summed E-state index contributed by atoms with van der Waals surface area (Å²) in [5, 5.41) is 0. The molecule has 0 N–H and O–H groups in total.